The molecule has 1 fully saturated rings. The fourth-order valence-electron chi connectivity index (χ4n) is 6.51. The summed E-state index contributed by atoms with van der Waals surface area (Å²) in [6.07, 6.45) is 2.88. The molecule has 1 saturated heterocycles. The number of carbonyl (C=O) groups is 4. The fraction of sp³-hybridized carbons (Fsp3) is 0.649. The molecule has 0 spiro atoms. The summed E-state index contributed by atoms with van der Waals surface area (Å²) < 4.78 is 11.7. The fourth-order valence-corrected chi connectivity index (χ4v) is 7.37. The van der Waals surface area contributed by atoms with Crippen LogP contribution in [0.3, 0.4) is 0 Å². The third kappa shape index (κ3) is 11.6. The first kappa shape index (κ1) is 41.0. The number of aliphatic carboxylic acids is 1. The number of thiazole rings is 1. The van der Waals surface area contributed by atoms with E-state index in [-0.39, 0.29) is 47.8 Å². The first-order valence-electron chi connectivity index (χ1n) is 17.7. The summed E-state index contributed by atoms with van der Waals surface area (Å²) in [7, 11) is 5.21. The summed E-state index contributed by atoms with van der Waals surface area (Å²) in [5, 5.41) is 17.8. The number of hydrogen-bond acceptors (Lipinski definition) is 9. The molecule has 0 saturated carbocycles. The Morgan fingerprint density at radius 2 is 1.78 bits per heavy atom. The van der Waals surface area contributed by atoms with Gasteiger partial charge in [-0.1, -0.05) is 57.5 Å². The average molecular weight is 716 g/mol. The number of carboxylic acid groups (broad SMARTS) is 1. The summed E-state index contributed by atoms with van der Waals surface area (Å²) in [5.74, 6) is -2.34. The van der Waals surface area contributed by atoms with Gasteiger partial charge in [-0.05, 0) is 64.6 Å². The number of methoxy groups -OCH3 is 1. The summed E-state index contributed by atoms with van der Waals surface area (Å²) in [5.41, 5.74) is 1.22. The molecule has 50 heavy (non-hydrogen) atoms. The molecule has 0 bridgehead atoms. The lowest BCUT2D eigenvalue weighted by molar-refractivity contribution is -0.143. The van der Waals surface area contributed by atoms with Gasteiger partial charge in [0.25, 0.3) is 5.91 Å². The van der Waals surface area contributed by atoms with Crippen molar-refractivity contribution in [2.24, 2.45) is 11.8 Å². The van der Waals surface area contributed by atoms with Crippen molar-refractivity contribution < 1.29 is 33.8 Å². The number of ether oxygens (including phenoxy) is 2. The highest BCUT2D eigenvalue weighted by atomic mass is 32.1. The summed E-state index contributed by atoms with van der Waals surface area (Å²) in [4.78, 5) is 60.9. The number of carboxylic acids is 1. The van der Waals surface area contributed by atoms with E-state index in [0.29, 0.717) is 24.5 Å². The lowest BCUT2D eigenvalue weighted by atomic mass is 9.95. The Morgan fingerprint density at radius 3 is 2.38 bits per heavy atom. The van der Waals surface area contributed by atoms with Crippen LogP contribution in [-0.2, 0) is 30.3 Å². The van der Waals surface area contributed by atoms with Crippen LogP contribution in [0.2, 0.25) is 0 Å². The normalized spacial score (nSPS) is 18.8. The molecule has 0 radical (unpaired) electrons. The van der Waals surface area contributed by atoms with Gasteiger partial charge in [0, 0.05) is 44.6 Å². The van der Waals surface area contributed by atoms with Gasteiger partial charge in [-0.25, -0.2) is 4.98 Å². The van der Waals surface area contributed by atoms with Crippen LogP contribution in [-0.4, -0.2) is 108 Å². The number of piperidine rings is 1. The molecule has 7 atom stereocenters. The zero-order valence-corrected chi connectivity index (χ0v) is 31.7. The van der Waals surface area contributed by atoms with Crippen LogP contribution in [0.4, 0.5) is 0 Å². The van der Waals surface area contributed by atoms with Crippen LogP contribution < -0.4 is 10.6 Å². The van der Waals surface area contributed by atoms with Crippen molar-refractivity contribution in [2.45, 2.75) is 110 Å². The van der Waals surface area contributed by atoms with E-state index in [4.69, 9.17) is 9.47 Å². The molecule has 0 unspecified atom stereocenters. The van der Waals surface area contributed by atoms with Crippen LogP contribution in [0, 0.1) is 11.8 Å². The van der Waals surface area contributed by atoms with Crippen molar-refractivity contribution in [3.05, 3.63) is 52.0 Å². The first-order valence-corrected chi connectivity index (χ1v) is 18.6. The number of likely N-dealkylation sites (N-methyl/N-ethyl adjacent to an activating group) is 2. The smallest absolute Gasteiger partial charge is 0.306 e. The molecular weight excluding hydrogens is 659 g/mol. The third-order valence-corrected chi connectivity index (χ3v) is 10.6. The number of hydrogen-bond donors (Lipinski definition) is 3. The van der Waals surface area contributed by atoms with Crippen molar-refractivity contribution in [3.63, 3.8) is 0 Å². The third-order valence-electron chi connectivity index (χ3n) is 9.67. The zero-order chi connectivity index (χ0) is 37.0. The monoisotopic (exact) mass is 715 g/mol. The molecule has 1 aromatic carbocycles. The van der Waals surface area contributed by atoms with E-state index in [0.717, 1.165) is 31.4 Å². The van der Waals surface area contributed by atoms with Crippen LogP contribution >= 0.6 is 11.3 Å². The van der Waals surface area contributed by atoms with Crippen molar-refractivity contribution in [2.75, 3.05) is 34.4 Å². The van der Waals surface area contributed by atoms with Gasteiger partial charge in [0.05, 0.1) is 18.1 Å². The second kappa shape index (κ2) is 19.9. The molecular formula is C37H57N5O7S. The number of benzene rings is 1. The van der Waals surface area contributed by atoms with E-state index >= 15 is 0 Å². The van der Waals surface area contributed by atoms with Crippen LogP contribution in [0.1, 0.15) is 93.9 Å². The minimum Gasteiger partial charge on any atom is -0.481 e. The predicted molar refractivity (Wildman–Crippen MR) is 194 cm³/mol. The molecule has 278 valence electrons. The Kier molecular flexibility index (Phi) is 16.3. The molecule has 3 amide bonds. The lowest BCUT2D eigenvalue weighted by Crippen LogP contribution is -2.59. The van der Waals surface area contributed by atoms with E-state index in [1.54, 1.807) is 31.2 Å². The minimum atomic E-state index is -0.918. The van der Waals surface area contributed by atoms with E-state index in [1.165, 1.54) is 18.4 Å². The number of nitrogens with one attached hydrogen (secondary N) is 2. The Morgan fingerprint density at radius 1 is 1.08 bits per heavy atom. The predicted octanol–water partition coefficient (Wildman–Crippen LogP) is 4.55. The van der Waals surface area contributed by atoms with Gasteiger partial charge < -0.3 is 30.1 Å². The number of amides is 3. The maximum atomic E-state index is 14.1. The highest BCUT2D eigenvalue weighted by Gasteiger charge is 2.37. The molecule has 2 heterocycles. The van der Waals surface area contributed by atoms with E-state index in [1.807, 2.05) is 63.1 Å². The molecule has 12 nitrogen and oxygen atoms in total. The topological polar surface area (TPSA) is 150 Å². The van der Waals surface area contributed by atoms with Gasteiger partial charge in [-0.2, -0.15) is 0 Å². The molecule has 0 aliphatic carbocycles. The average Bonchev–Trinajstić information content (AvgIpc) is 3.59. The van der Waals surface area contributed by atoms with Crippen molar-refractivity contribution >= 4 is 35.0 Å². The quantitative estimate of drug-likeness (QED) is 0.190. The van der Waals surface area contributed by atoms with Crippen molar-refractivity contribution in [1.82, 2.24) is 25.4 Å². The Hall–Kier alpha value is -3.39. The Balaban J connectivity index is 1.77. The molecule has 3 N–H and O–H groups in total. The van der Waals surface area contributed by atoms with Crippen molar-refractivity contribution in [3.8, 4) is 0 Å². The van der Waals surface area contributed by atoms with Crippen LogP contribution in [0.5, 0.6) is 0 Å². The Bertz CT molecular complexity index is 1390. The van der Waals surface area contributed by atoms with Gasteiger partial charge in [-0.3, -0.25) is 24.1 Å². The Labute approximate surface area is 301 Å². The molecule has 2 aromatic rings. The van der Waals surface area contributed by atoms with Gasteiger partial charge in [-0.15, -0.1) is 11.3 Å². The lowest BCUT2D eigenvalue weighted by Gasteiger charge is -2.38. The van der Waals surface area contributed by atoms with Crippen LogP contribution in [0.25, 0.3) is 0 Å². The molecule has 1 aliphatic rings. The number of rotatable bonds is 19. The molecule has 3 rings (SSSR count). The van der Waals surface area contributed by atoms with Crippen LogP contribution in [0.15, 0.2) is 35.7 Å². The molecule has 1 aromatic heterocycles. The number of nitrogens with zero attached hydrogens (tertiary/aromatic N) is 3. The SMILES string of the molecule is CCO[C@H](C[C@H](C(C)C)N(C)C(=O)[C@@H](NC(=O)[C@H]1CCCCN1C)[C@H](C)OC)c1nc(C(=O)N[C@@H](Cc2ccccc2)C[C@H](C)C(=O)O)cs1. The maximum Gasteiger partial charge on any atom is 0.306 e. The zero-order valence-electron chi connectivity index (χ0n) is 30.9. The second-order valence-corrected chi connectivity index (χ2v) is 14.7. The van der Waals surface area contributed by atoms with Gasteiger partial charge in [0.1, 0.15) is 22.8 Å². The summed E-state index contributed by atoms with van der Waals surface area (Å²) in [6.45, 7) is 10.6. The van der Waals surface area contributed by atoms with E-state index < -0.39 is 36.2 Å². The van der Waals surface area contributed by atoms with E-state index in [2.05, 4.69) is 15.6 Å². The number of carbonyl (C=O) groups excluding carboxylic acids is 3. The van der Waals surface area contributed by atoms with Gasteiger partial charge in [0.2, 0.25) is 11.8 Å². The van der Waals surface area contributed by atoms with E-state index in [9.17, 15) is 24.3 Å². The number of aromatic nitrogens is 1. The summed E-state index contributed by atoms with van der Waals surface area (Å²) in [6, 6.07) is 7.78. The van der Waals surface area contributed by atoms with Crippen molar-refractivity contribution in [1.29, 1.82) is 0 Å². The highest BCUT2D eigenvalue weighted by molar-refractivity contribution is 7.09. The maximum absolute atomic E-state index is 14.1. The first-order chi connectivity index (χ1) is 23.8. The van der Waals surface area contributed by atoms with Gasteiger partial charge in [0.15, 0.2) is 0 Å². The second-order valence-electron chi connectivity index (χ2n) is 13.8. The molecule has 1 aliphatic heterocycles. The minimum absolute atomic E-state index is 0.0308. The highest BCUT2D eigenvalue weighted by Crippen LogP contribution is 2.31. The molecule has 13 heteroatoms. The standard InChI is InChI=1S/C37H57N5O7S/c1-9-49-31(35-39-28(22-50-35)33(43)38-27(19-24(4)37(46)47)20-26-15-11-10-12-16-26)21-30(23(2)3)42(7)36(45)32(25(5)48-8)40-34(44)29-17-13-14-18-41(29)6/h10-12,15-16,22-25,27,29-32H,9,13-14,17-21H2,1-8H3,(H,38,43)(H,40,44)(H,46,47)/t24-,25-,27+,29+,30+,31+,32-/m0/s1. The van der Waals surface area contributed by atoms with Gasteiger partial charge >= 0.3 is 5.97 Å². The largest absolute Gasteiger partial charge is 0.481 e. The number of likely N-dealkylation sites (tertiary alicyclic amines) is 1. The summed E-state index contributed by atoms with van der Waals surface area (Å²) >= 11 is 1.31.